The zero-order valence-electron chi connectivity index (χ0n) is 18.8. The molecule has 174 valence electrons. The third-order valence-corrected chi connectivity index (χ3v) is 6.43. The van der Waals surface area contributed by atoms with Crippen LogP contribution in [0.25, 0.3) is 5.69 Å². The van der Waals surface area contributed by atoms with Crippen molar-refractivity contribution in [2.24, 2.45) is 0 Å². The Morgan fingerprint density at radius 2 is 2.00 bits per heavy atom. The molecule has 1 fully saturated rings. The first-order valence-corrected chi connectivity index (χ1v) is 11.8. The lowest BCUT2D eigenvalue weighted by Crippen LogP contribution is -2.38. The molecular formula is C24H28N4O4S. The molecule has 0 saturated carbocycles. The third-order valence-electron chi connectivity index (χ3n) is 5.50. The van der Waals surface area contributed by atoms with Crippen molar-refractivity contribution in [3.63, 3.8) is 0 Å². The second kappa shape index (κ2) is 11.2. The summed E-state index contributed by atoms with van der Waals surface area (Å²) >= 11 is 1.37. The van der Waals surface area contributed by atoms with Gasteiger partial charge in [0.1, 0.15) is 17.8 Å². The quantitative estimate of drug-likeness (QED) is 0.421. The summed E-state index contributed by atoms with van der Waals surface area (Å²) < 4.78 is 18.2. The predicted octanol–water partition coefficient (Wildman–Crippen LogP) is 3.58. The molecule has 33 heavy (non-hydrogen) atoms. The fourth-order valence-corrected chi connectivity index (χ4v) is 4.57. The number of nitrogens with zero attached hydrogens (tertiary/aromatic N) is 4. The van der Waals surface area contributed by atoms with Crippen molar-refractivity contribution in [2.75, 3.05) is 33.1 Å². The number of carbonyl (C=O) groups excluding carboxylic acids is 1. The maximum Gasteiger partial charge on any atom is 0.233 e. The molecule has 0 aliphatic carbocycles. The lowest BCUT2D eigenvalue weighted by Gasteiger charge is -2.25. The van der Waals surface area contributed by atoms with Gasteiger partial charge in [0.05, 0.1) is 26.1 Å². The van der Waals surface area contributed by atoms with Crippen molar-refractivity contribution in [2.45, 2.75) is 30.6 Å². The fraction of sp³-hybridized carbons (Fsp3) is 0.375. The Hall–Kier alpha value is -3.04. The minimum atomic E-state index is 0.0302. The topological polar surface area (TPSA) is 78.7 Å². The largest absolute Gasteiger partial charge is 0.497 e. The fourth-order valence-electron chi connectivity index (χ4n) is 3.74. The minimum Gasteiger partial charge on any atom is -0.497 e. The number of methoxy groups -OCH3 is 2. The van der Waals surface area contributed by atoms with Gasteiger partial charge < -0.3 is 19.1 Å². The van der Waals surface area contributed by atoms with E-state index in [9.17, 15) is 4.79 Å². The lowest BCUT2D eigenvalue weighted by atomic mass is 10.1. The Morgan fingerprint density at radius 1 is 1.18 bits per heavy atom. The Bertz CT molecular complexity index is 1050. The number of amides is 1. The molecule has 1 saturated heterocycles. The van der Waals surface area contributed by atoms with Crippen LogP contribution in [0, 0.1) is 0 Å². The van der Waals surface area contributed by atoms with Crippen LogP contribution in [-0.2, 0) is 16.1 Å². The van der Waals surface area contributed by atoms with Crippen molar-refractivity contribution in [3.05, 3.63) is 60.4 Å². The molecule has 2 heterocycles. The van der Waals surface area contributed by atoms with Crippen molar-refractivity contribution in [1.29, 1.82) is 0 Å². The highest BCUT2D eigenvalue weighted by Crippen LogP contribution is 2.23. The van der Waals surface area contributed by atoms with Crippen LogP contribution in [0.4, 0.5) is 0 Å². The van der Waals surface area contributed by atoms with Crippen molar-refractivity contribution >= 4 is 17.7 Å². The molecule has 1 aliphatic heterocycles. The molecule has 1 atom stereocenters. The SMILES string of the molecule is COc1ccc(-n2cnnc2SCC(=O)N(Cc2cccc(OC)c2)CC2CCCO2)cc1. The van der Waals surface area contributed by atoms with E-state index in [1.807, 2.05) is 58.0 Å². The second-order valence-electron chi connectivity index (χ2n) is 7.73. The van der Waals surface area contributed by atoms with E-state index in [-0.39, 0.29) is 17.8 Å². The van der Waals surface area contributed by atoms with Crippen LogP contribution >= 0.6 is 11.8 Å². The molecule has 0 radical (unpaired) electrons. The molecule has 0 spiro atoms. The van der Waals surface area contributed by atoms with Gasteiger partial charge in [-0.3, -0.25) is 9.36 Å². The monoisotopic (exact) mass is 468 g/mol. The molecule has 0 bridgehead atoms. The molecule has 1 aromatic heterocycles. The van der Waals surface area contributed by atoms with E-state index < -0.39 is 0 Å². The normalized spacial score (nSPS) is 15.4. The van der Waals surface area contributed by atoms with E-state index in [0.717, 1.165) is 42.2 Å². The highest BCUT2D eigenvalue weighted by atomic mass is 32.2. The Labute approximate surface area is 197 Å². The van der Waals surface area contributed by atoms with Crippen molar-refractivity contribution < 1.29 is 19.0 Å². The molecule has 3 aromatic rings. The van der Waals surface area contributed by atoms with Crippen LogP contribution in [0.3, 0.4) is 0 Å². The molecule has 9 heteroatoms. The summed E-state index contributed by atoms with van der Waals surface area (Å²) in [6, 6.07) is 15.4. The molecule has 8 nitrogen and oxygen atoms in total. The zero-order valence-corrected chi connectivity index (χ0v) is 19.7. The van der Waals surface area contributed by atoms with E-state index in [2.05, 4.69) is 10.2 Å². The summed E-state index contributed by atoms with van der Waals surface area (Å²) in [4.78, 5) is 15.1. The van der Waals surface area contributed by atoms with Crippen molar-refractivity contribution in [1.82, 2.24) is 19.7 Å². The second-order valence-corrected chi connectivity index (χ2v) is 8.67. The summed E-state index contributed by atoms with van der Waals surface area (Å²) in [5.41, 5.74) is 1.93. The summed E-state index contributed by atoms with van der Waals surface area (Å²) in [6.45, 7) is 1.83. The lowest BCUT2D eigenvalue weighted by molar-refractivity contribution is -0.130. The van der Waals surface area contributed by atoms with Gasteiger partial charge in [-0.05, 0) is 54.8 Å². The maximum atomic E-state index is 13.3. The molecule has 1 aliphatic rings. The summed E-state index contributed by atoms with van der Waals surface area (Å²) in [7, 11) is 3.28. The Balaban J connectivity index is 1.44. The third kappa shape index (κ3) is 6.06. The van der Waals surface area contributed by atoms with Gasteiger partial charge in [-0.2, -0.15) is 0 Å². The number of hydrogen-bond donors (Lipinski definition) is 0. The molecular weight excluding hydrogens is 440 g/mol. The van der Waals surface area contributed by atoms with Gasteiger partial charge in [-0.15, -0.1) is 10.2 Å². The van der Waals surface area contributed by atoms with Gasteiger partial charge >= 0.3 is 0 Å². The predicted molar refractivity (Wildman–Crippen MR) is 126 cm³/mol. The highest BCUT2D eigenvalue weighted by Gasteiger charge is 2.23. The average Bonchev–Trinajstić information content (AvgIpc) is 3.54. The molecule has 2 aromatic carbocycles. The number of thioether (sulfide) groups is 1. The number of benzene rings is 2. The van der Waals surface area contributed by atoms with Gasteiger partial charge in [-0.25, -0.2) is 0 Å². The smallest absolute Gasteiger partial charge is 0.233 e. The number of ether oxygens (including phenoxy) is 3. The number of hydrogen-bond acceptors (Lipinski definition) is 7. The summed E-state index contributed by atoms with van der Waals surface area (Å²) in [5, 5.41) is 8.90. The highest BCUT2D eigenvalue weighted by molar-refractivity contribution is 7.99. The van der Waals surface area contributed by atoms with E-state index in [1.165, 1.54) is 11.8 Å². The van der Waals surface area contributed by atoms with Crippen LogP contribution in [0.2, 0.25) is 0 Å². The van der Waals surface area contributed by atoms with Gasteiger partial charge in [-0.1, -0.05) is 23.9 Å². The van der Waals surface area contributed by atoms with Crippen molar-refractivity contribution in [3.8, 4) is 17.2 Å². The van der Waals surface area contributed by atoms with Crippen LogP contribution in [0.15, 0.2) is 60.0 Å². The van der Waals surface area contributed by atoms with Crippen LogP contribution in [0.5, 0.6) is 11.5 Å². The summed E-state index contributed by atoms with van der Waals surface area (Å²) in [6.07, 6.45) is 3.73. The molecule has 4 rings (SSSR count). The van der Waals surface area contributed by atoms with Gasteiger partial charge in [0.2, 0.25) is 5.91 Å². The van der Waals surface area contributed by atoms with E-state index >= 15 is 0 Å². The van der Waals surface area contributed by atoms with Crippen LogP contribution in [0.1, 0.15) is 18.4 Å². The van der Waals surface area contributed by atoms with E-state index in [4.69, 9.17) is 14.2 Å². The van der Waals surface area contributed by atoms with Gasteiger partial charge in [0.15, 0.2) is 5.16 Å². The Kier molecular flexibility index (Phi) is 7.85. The average molecular weight is 469 g/mol. The summed E-state index contributed by atoms with van der Waals surface area (Å²) in [5.74, 6) is 1.84. The zero-order chi connectivity index (χ0) is 23.0. The van der Waals surface area contributed by atoms with Crippen LogP contribution in [-0.4, -0.2) is 64.8 Å². The van der Waals surface area contributed by atoms with E-state index in [0.29, 0.717) is 18.2 Å². The van der Waals surface area contributed by atoms with Gasteiger partial charge in [0, 0.05) is 25.4 Å². The number of rotatable bonds is 10. The number of aromatic nitrogens is 3. The molecule has 1 unspecified atom stereocenters. The van der Waals surface area contributed by atoms with E-state index in [1.54, 1.807) is 20.5 Å². The first-order chi connectivity index (χ1) is 16.2. The molecule has 0 N–H and O–H groups in total. The minimum absolute atomic E-state index is 0.0302. The maximum absolute atomic E-state index is 13.3. The standard InChI is InChI=1S/C24H28N4O4S/c1-30-20-10-8-19(9-11-20)28-17-25-26-24(28)33-16-23(29)27(15-22-7-4-12-32-22)14-18-5-3-6-21(13-18)31-2/h3,5-6,8-11,13,17,22H,4,7,12,14-16H2,1-2H3. The first-order valence-electron chi connectivity index (χ1n) is 10.9. The first kappa shape index (κ1) is 23.1. The Morgan fingerprint density at radius 3 is 2.73 bits per heavy atom. The number of carbonyl (C=O) groups is 1. The van der Waals surface area contributed by atoms with Crippen LogP contribution < -0.4 is 9.47 Å². The molecule has 1 amide bonds. The van der Waals surface area contributed by atoms with Gasteiger partial charge in [0.25, 0.3) is 0 Å².